The van der Waals surface area contributed by atoms with Crippen LogP contribution in [0.25, 0.3) is 0 Å². The molecule has 0 aliphatic carbocycles. The highest BCUT2D eigenvalue weighted by Gasteiger charge is 2.24. The summed E-state index contributed by atoms with van der Waals surface area (Å²) >= 11 is 9.19. The molecule has 0 unspecified atom stereocenters. The molecule has 0 aromatic heterocycles. The maximum atomic E-state index is 11.2. The number of rotatable bonds is 4. The molecule has 6 nitrogen and oxygen atoms in total. The van der Waals surface area contributed by atoms with E-state index in [1.165, 1.54) is 24.3 Å². The number of nitrogens with zero attached hydrogens (tertiary/aromatic N) is 1. The summed E-state index contributed by atoms with van der Waals surface area (Å²) in [6.45, 7) is 0. The molecular weight excluding hydrogens is 366 g/mol. The number of nitro groups is 1. The van der Waals surface area contributed by atoms with Crippen molar-refractivity contribution in [2.75, 3.05) is 0 Å². The van der Waals surface area contributed by atoms with E-state index >= 15 is 0 Å². The fourth-order valence-corrected chi connectivity index (χ4v) is 2.32. The summed E-state index contributed by atoms with van der Waals surface area (Å²) in [6, 6.07) is 8.29. The van der Waals surface area contributed by atoms with Crippen molar-refractivity contribution in [2.24, 2.45) is 0 Å². The lowest BCUT2D eigenvalue weighted by atomic mass is 10.1. The molecule has 0 radical (unpaired) electrons. The number of aromatic carboxylic acids is 1. The molecule has 2 aromatic carbocycles. The number of hydrogen-bond donors (Lipinski definition) is 1. The van der Waals surface area contributed by atoms with Crippen LogP contribution in [0.1, 0.15) is 10.4 Å². The quantitative estimate of drug-likeness (QED) is 0.630. The highest BCUT2D eigenvalue weighted by atomic mass is 79.9. The normalized spacial score (nSPS) is 10.2. The van der Waals surface area contributed by atoms with Gasteiger partial charge in [-0.25, -0.2) is 4.79 Å². The van der Waals surface area contributed by atoms with Crippen LogP contribution in [0.5, 0.6) is 11.5 Å². The SMILES string of the molecule is O=C(O)c1cccc([N+](=O)[O-])c1Oc1ccc(Br)cc1Cl. The Bertz CT molecular complexity index is 702. The second kappa shape index (κ2) is 6.11. The predicted molar refractivity (Wildman–Crippen MR) is 79.3 cm³/mol. The minimum atomic E-state index is -1.33. The van der Waals surface area contributed by atoms with Crippen molar-refractivity contribution in [1.29, 1.82) is 0 Å². The van der Waals surface area contributed by atoms with Gasteiger partial charge in [-0.3, -0.25) is 10.1 Å². The standard InChI is InChI=1S/C13H7BrClNO5/c14-7-4-5-11(9(15)6-7)21-12-8(13(17)18)2-1-3-10(12)16(19)20/h1-6H,(H,17,18). The molecule has 0 aliphatic heterocycles. The zero-order chi connectivity index (χ0) is 15.6. The average molecular weight is 373 g/mol. The maximum absolute atomic E-state index is 11.2. The third kappa shape index (κ3) is 3.32. The van der Waals surface area contributed by atoms with Crippen LogP contribution in [0.15, 0.2) is 40.9 Å². The lowest BCUT2D eigenvalue weighted by molar-refractivity contribution is -0.385. The van der Waals surface area contributed by atoms with Crippen LogP contribution in [0.4, 0.5) is 5.69 Å². The Morgan fingerprint density at radius 2 is 2.05 bits per heavy atom. The van der Waals surface area contributed by atoms with E-state index in [4.69, 9.17) is 21.4 Å². The topological polar surface area (TPSA) is 89.7 Å². The summed E-state index contributed by atoms with van der Waals surface area (Å²) < 4.78 is 6.07. The van der Waals surface area contributed by atoms with Gasteiger partial charge in [-0.15, -0.1) is 0 Å². The van der Waals surface area contributed by atoms with Crippen molar-refractivity contribution >= 4 is 39.2 Å². The Balaban J connectivity index is 2.56. The molecule has 21 heavy (non-hydrogen) atoms. The summed E-state index contributed by atoms with van der Waals surface area (Å²) in [5.74, 6) is -1.57. The molecule has 0 aliphatic rings. The van der Waals surface area contributed by atoms with Gasteiger partial charge in [0.1, 0.15) is 11.3 Å². The average Bonchev–Trinajstić information content (AvgIpc) is 2.41. The Labute approximate surface area is 132 Å². The Hall–Kier alpha value is -2.12. The first-order chi connectivity index (χ1) is 9.90. The van der Waals surface area contributed by atoms with Gasteiger partial charge in [0, 0.05) is 10.5 Å². The van der Waals surface area contributed by atoms with E-state index < -0.39 is 16.6 Å². The summed E-state index contributed by atoms with van der Waals surface area (Å²) in [5.41, 5.74) is -0.767. The number of carboxylic acids is 1. The van der Waals surface area contributed by atoms with Crippen LogP contribution in [0.2, 0.25) is 5.02 Å². The van der Waals surface area contributed by atoms with Gasteiger partial charge in [-0.05, 0) is 24.3 Å². The molecule has 1 N–H and O–H groups in total. The first kappa shape index (κ1) is 15.3. The van der Waals surface area contributed by atoms with Gasteiger partial charge < -0.3 is 9.84 Å². The molecule has 0 spiro atoms. The summed E-state index contributed by atoms with van der Waals surface area (Å²) in [7, 11) is 0. The molecule has 0 heterocycles. The number of para-hydroxylation sites is 1. The summed E-state index contributed by atoms with van der Waals surface area (Å²) in [6.07, 6.45) is 0. The Morgan fingerprint density at radius 3 is 2.62 bits per heavy atom. The number of ether oxygens (including phenoxy) is 1. The van der Waals surface area contributed by atoms with Gasteiger partial charge in [0.15, 0.2) is 0 Å². The number of benzene rings is 2. The number of nitro benzene ring substituents is 1. The third-order valence-electron chi connectivity index (χ3n) is 2.53. The fraction of sp³-hybridized carbons (Fsp3) is 0. The van der Waals surface area contributed by atoms with Gasteiger partial charge in [-0.1, -0.05) is 33.6 Å². The first-order valence-electron chi connectivity index (χ1n) is 5.53. The van der Waals surface area contributed by atoms with Gasteiger partial charge >= 0.3 is 11.7 Å². The van der Waals surface area contributed by atoms with Crippen molar-refractivity contribution in [3.8, 4) is 11.5 Å². The summed E-state index contributed by atoms with van der Waals surface area (Å²) in [4.78, 5) is 21.5. The zero-order valence-electron chi connectivity index (χ0n) is 10.2. The number of carboxylic acid groups (broad SMARTS) is 1. The van der Waals surface area contributed by atoms with Crippen LogP contribution in [-0.4, -0.2) is 16.0 Å². The van der Waals surface area contributed by atoms with Crippen molar-refractivity contribution < 1.29 is 19.6 Å². The van der Waals surface area contributed by atoms with E-state index in [0.717, 1.165) is 6.07 Å². The van der Waals surface area contributed by atoms with Crippen molar-refractivity contribution in [1.82, 2.24) is 0 Å². The molecule has 0 amide bonds. The Morgan fingerprint density at radius 1 is 1.33 bits per heavy atom. The molecule has 8 heteroatoms. The minimum absolute atomic E-state index is 0.122. The molecule has 0 atom stereocenters. The second-order valence-corrected chi connectivity index (χ2v) is 5.22. The third-order valence-corrected chi connectivity index (χ3v) is 3.32. The highest BCUT2D eigenvalue weighted by molar-refractivity contribution is 9.10. The van der Waals surface area contributed by atoms with E-state index in [1.54, 1.807) is 6.07 Å². The van der Waals surface area contributed by atoms with Crippen molar-refractivity contribution in [2.45, 2.75) is 0 Å². The van der Waals surface area contributed by atoms with Crippen LogP contribution in [-0.2, 0) is 0 Å². The van der Waals surface area contributed by atoms with Gasteiger partial charge in [-0.2, -0.15) is 0 Å². The number of hydrogen-bond acceptors (Lipinski definition) is 4. The molecular formula is C13H7BrClNO5. The van der Waals surface area contributed by atoms with Gasteiger partial charge in [0.2, 0.25) is 5.75 Å². The largest absolute Gasteiger partial charge is 0.478 e. The van der Waals surface area contributed by atoms with E-state index in [0.29, 0.717) is 4.47 Å². The highest BCUT2D eigenvalue weighted by Crippen LogP contribution is 2.38. The molecule has 2 aromatic rings. The Kier molecular flexibility index (Phi) is 4.44. The van der Waals surface area contributed by atoms with Crippen molar-refractivity contribution in [3.05, 3.63) is 61.6 Å². The lowest BCUT2D eigenvalue weighted by Crippen LogP contribution is -2.03. The van der Waals surface area contributed by atoms with E-state index in [1.807, 2.05) is 0 Å². The van der Waals surface area contributed by atoms with Crippen LogP contribution >= 0.6 is 27.5 Å². The van der Waals surface area contributed by atoms with Crippen LogP contribution in [0, 0.1) is 10.1 Å². The number of halogens is 2. The van der Waals surface area contributed by atoms with Crippen LogP contribution < -0.4 is 4.74 Å². The molecule has 0 saturated heterocycles. The zero-order valence-corrected chi connectivity index (χ0v) is 12.6. The first-order valence-corrected chi connectivity index (χ1v) is 6.71. The lowest BCUT2D eigenvalue weighted by Gasteiger charge is -2.10. The fourth-order valence-electron chi connectivity index (χ4n) is 1.61. The monoisotopic (exact) mass is 371 g/mol. The molecule has 108 valence electrons. The maximum Gasteiger partial charge on any atom is 0.339 e. The van der Waals surface area contributed by atoms with E-state index in [-0.39, 0.29) is 22.1 Å². The molecule has 2 rings (SSSR count). The van der Waals surface area contributed by atoms with Gasteiger partial charge in [0.05, 0.1) is 9.95 Å². The van der Waals surface area contributed by atoms with Crippen molar-refractivity contribution in [3.63, 3.8) is 0 Å². The summed E-state index contributed by atoms with van der Waals surface area (Å²) in [5, 5.41) is 20.3. The molecule has 0 bridgehead atoms. The van der Waals surface area contributed by atoms with E-state index in [9.17, 15) is 14.9 Å². The molecule has 0 fully saturated rings. The van der Waals surface area contributed by atoms with Crippen LogP contribution in [0.3, 0.4) is 0 Å². The molecule has 0 saturated carbocycles. The minimum Gasteiger partial charge on any atom is -0.478 e. The van der Waals surface area contributed by atoms with E-state index in [2.05, 4.69) is 15.9 Å². The van der Waals surface area contributed by atoms with Gasteiger partial charge in [0.25, 0.3) is 0 Å². The smallest absolute Gasteiger partial charge is 0.339 e. The number of carbonyl (C=O) groups is 1. The second-order valence-electron chi connectivity index (χ2n) is 3.89. The predicted octanol–water partition coefficient (Wildman–Crippen LogP) is 4.50.